The maximum Gasteiger partial charge on any atom is 0.407 e. The molecule has 3 N–H and O–H groups in total. The first-order chi connectivity index (χ1) is 15.1. The van der Waals surface area contributed by atoms with Crippen LogP contribution in [0.4, 0.5) is 10.5 Å². The van der Waals surface area contributed by atoms with Crippen molar-refractivity contribution < 1.29 is 29.0 Å². The maximum absolute atomic E-state index is 12.4. The van der Waals surface area contributed by atoms with Crippen LogP contribution in [-0.4, -0.2) is 41.3 Å². The lowest BCUT2D eigenvalue weighted by Gasteiger charge is -2.20. The third-order valence-electron chi connectivity index (χ3n) is 4.32. The first-order valence-electron chi connectivity index (χ1n) is 10.3. The number of hydrogen-bond donors (Lipinski definition) is 3. The van der Waals surface area contributed by atoms with Gasteiger partial charge in [-0.1, -0.05) is 30.3 Å². The van der Waals surface area contributed by atoms with E-state index in [4.69, 9.17) is 9.47 Å². The quantitative estimate of drug-likeness (QED) is 0.539. The number of carbonyl (C=O) groups excluding carboxylic acids is 3. The Bertz CT molecular complexity index is 937. The highest BCUT2D eigenvalue weighted by Crippen LogP contribution is 2.19. The van der Waals surface area contributed by atoms with Gasteiger partial charge in [-0.15, -0.1) is 0 Å². The normalized spacial score (nSPS) is 11.9. The fraction of sp³-hybridized carbons (Fsp3) is 0.375. The van der Waals surface area contributed by atoms with Crippen LogP contribution in [0.5, 0.6) is 0 Å². The number of nitrogens with one attached hydrogen (secondary N) is 2. The summed E-state index contributed by atoms with van der Waals surface area (Å²) in [5, 5.41) is 14.7. The molecule has 172 valence electrons. The zero-order valence-electron chi connectivity index (χ0n) is 18.8. The number of aliphatic hydroxyl groups is 1. The summed E-state index contributed by atoms with van der Waals surface area (Å²) < 4.78 is 10.5. The minimum Gasteiger partial charge on any atom is -0.456 e. The lowest BCUT2D eigenvalue weighted by molar-refractivity contribution is -0.116. The van der Waals surface area contributed by atoms with Crippen LogP contribution in [0.1, 0.15) is 48.7 Å². The molecule has 8 nitrogen and oxygen atoms in total. The Morgan fingerprint density at radius 3 is 2.34 bits per heavy atom. The molecule has 2 rings (SSSR count). The van der Waals surface area contributed by atoms with Crippen LogP contribution in [-0.2, 0) is 20.9 Å². The van der Waals surface area contributed by atoms with Crippen molar-refractivity contribution >= 4 is 23.7 Å². The molecule has 0 aromatic heterocycles. The molecule has 32 heavy (non-hydrogen) atoms. The van der Waals surface area contributed by atoms with Crippen molar-refractivity contribution in [2.45, 2.75) is 52.4 Å². The Balaban J connectivity index is 1.87. The molecular weight excluding hydrogens is 412 g/mol. The Morgan fingerprint density at radius 1 is 1.06 bits per heavy atom. The molecule has 0 saturated heterocycles. The van der Waals surface area contributed by atoms with Gasteiger partial charge in [0.25, 0.3) is 0 Å². The summed E-state index contributed by atoms with van der Waals surface area (Å²) in [5.74, 6) is -0.844. The number of alkyl carbamates (subject to hydrolysis) is 1. The van der Waals surface area contributed by atoms with Crippen molar-refractivity contribution in [3.8, 4) is 0 Å². The van der Waals surface area contributed by atoms with Crippen LogP contribution in [0, 0.1) is 6.92 Å². The minimum absolute atomic E-state index is 0.0836. The van der Waals surface area contributed by atoms with Gasteiger partial charge in [-0.3, -0.25) is 4.79 Å². The third-order valence-corrected chi connectivity index (χ3v) is 4.32. The third kappa shape index (κ3) is 8.39. The molecular formula is C24H30N2O6. The zero-order chi connectivity index (χ0) is 23.7. The Hall–Kier alpha value is -3.39. The minimum atomic E-state index is -0.805. The van der Waals surface area contributed by atoms with Crippen molar-refractivity contribution in [1.29, 1.82) is 0 Å². The predicted octanol–water partition coefficient (Wildman–Crippen LogP) is 3.57. The van der Waals surface area contributed by atoms with E-state index >= 15 is 0 Å². The van der Waals surface area contributed by atoms with Crippen molar-refractivity contribution in [2.75, 3.05) is 11.9 Å². The molecule has 0 aliphatic rings. The van der Waals surface area contributed by atoms with Gasteiger partial charge in [-0.25, -0.2) is 9.59 Å². The van der Waals surface area contributed by atoms with E-state index in [1.807, 2.05) is 30.3 Å². The molecule has 0 radical (unpaired) electrons. The number of benzene rings is 2. The van der Waals surface area contributed by atoms with E-state index in [1.165, 1.54) is 0 Å². The molecule has 8 heteroatoms. The number of aryl methyl sites for hydroxylation is 1. The zero-order valence-corrected chi connectivity index (χ0v) is 18.8. The average Bonchev–Trinajstić information content (AvgIpc) is 2.71. The second-order valence-corrected chi connectivity index (χ2v) is 8.37. The summed E-state index contributed by atoms with van der Waals surface area (Å²) in [6, 6.07) is 13.2. The van der Waals surface area contributed by atoms with Crippen molar-refractivity contribution in [2.24, 2.45) is 0 Å². The number of aliphatic hydroxyl groups excluding tert-OH is 1. The van der Waals surface area contributed by atoms with E-state index < -0.39 is 36.2 Å². The standard InChI is InChI=1S/C24H30N2O6/c1-16-12-18(10-11-20(16)22(29)32-24(2,3)4)25-21(28)13-19(14-27)26-23(30)31-15-17-8-6-5-7-9-17/h5-12,19,27H,13-15H2,1-4H3,(H,25,28)(H,26,30)/t19-/m1/s1. The maximum atomic E-state index is 12.4. The van der Waals surface area contributed by atoms with E-state index in [1.54, 1.807) is 45.9 Å². The van der Waals surface area contributed by atoms with Crippen LogP contribution in [0.25, 0.3) is 0 Å². The van der Waals surface area contributed by atoms with Gasteiger partial charge in [0.1, 0.15) is 12.2 Å². The smallest absolute Gasteiger partial charge is 0.407 e. The van der Waals surface area contributed by atoms with E-state index in [0.717, 1.165) is 5.56 Å². The molecule has 2 aromatic carbocycles. The number of anilines is 1. The molecule has 0 aliphatic carbocycles. The summed E-state index contributed by atoms with van der Waals surface area (Å²) in [4.78, 5) is 36.6. The van der Waals surface area contributed by atoms with Gasteiger partial charge < -0.3 is 25.2 Å². The largest absolute Gasteiger partial charge is 0.456 e. The molecule has 0 spiro atoms. The molecule has 2 amide bonds. The van der Waals surface area contributed by atoms with Crippen molar-refractivity contribution in [3.63, 3.8) is 0 Å². The SMILES string of the molecule is Cc1cc(NC(=O)C[C@H](CO)NC(=O)OCc2ccccc2)ccc1C(=O)OC(C)(C)C. The summed E-state index contributed by atoms with van der Waals surface area (Å²) in [6.45, 7) is 6.77. The van der Waals surface area contributed by atoms with Gasteiger partial charge in [0.2, 0.25) is 5.91 Å². The van der Waals surface area contributed by atoms with Gasteiger partial charge in [0.15, 0.2) is 0 Å². The molecule has 1 atom stereocenters. The highest BCUT2D eigenvalue weighted by atomic mass is 16.6. The summed E-state index contributed by atoms with van der Waals surface area (Å²) >= 11 is 0. The van der Waals surface area contributed by atoms with E-state index in [-0.39, 0.29) is 13.0 Å². The number of carbonyl (C=O) groups is 3. The number of amides is 2. The lowest BCUT2D eigenvalue weighted by atomic mass is 10.1. The Morgan fingerprint density at radius 2 is 1.75 bits per heavy atom. The fourth-order valence-electron chi connectivity index (χ4n) is 2.83. The molecule has 0 bridgehead atoms. The summed E-state index contributed by atoms with van der Waals surface area (Å²) in [7, 11) is 0. The monoisotopic (exact) mass is 442 g/mol. The van der Waals surface area contributed by atoms with Crippen molar-refractivity contribution in [3.05, 3.63) is 65.2 Å². The van der Waals surface area contributed by atoms with E-state index in [9.17, 15) is 19.5 Å². The lowest BCUT2D eigenvalue weighted by Crippen LogP contribution is -2.40. The van der Waals surface area contributed by atoms with Gasteiger partial charge in [-0.05, 0) is 57.0 Å². The van der Waals surface area contributed by atoms with Crippen LogP contribution in [0.3, 0.4) is 0 Å². The Kier molecular flexibility index (Phi) is 8.78. The molecule has 0 saturated carbocycles. The topological polar surface area (TPSA) is 114 Å². The first kappa shape index (κ1) is 24.9. The Labute approximate surface area is 187 Å². The van der Waals surface area contributed by atoms with Gasteiger partial charge in [-0.2, -0.15) is 0 Å². The molecule has 0 unspecified atom stereocenters. The van der Waals surface area contributed by atoms with Crippen LogP contribution in [0.15, 0.2) is 48.5 Å². The number of esters is 1. The molecule has 2 aromatic rings. The van der Waals surface area contributed by atoms with Crippen LogP contribution < -0.4 is 10.6 Å². The van der Waals surface area contributed by atoms with Crippen molar-refractivity contribution in [1.82, 2.24) is 5.32 Å². The van der Waals surface area contributed by atoms with Gasteiger partial charge in [0.05, 0.1) is 18.2 Å². The van der Waals surface area contributed by atoms with Crippen LogP contribution >= 0.6 is 0 Å². The second kappa shape index (κ2) is 11.3. The predicted molar refractivity (Wildman–Crippen MR) is 120 cm³/mol. The summed E-state index contributed by atoms with van der Waals surface area (Å²) in [5.41, 5.74) is 1.77. The molecule has 0 heterocycles. The molecule has 0 aliphatic heterocycles. The van der Waals surface area contributed by atoms with Gasteiger partial charge >= 0.3 is 12.1 Å². The van der Waals surface area contributed by atoms with Crippen LogP contribution in [0.2, 0.25) is 0 Å². The second-order valence-electron chi connectivity index (χ2n) is 8.37. The number of rotatable bonds is 8. The average molecular weight is 443 g/mol. The van der Waals surface area contributed by atoms with E-state index in [0.29, 0.717) is 16.8 Å². The first-order valence-corrected chi connectivity index (χ1v) is 10.3. The highest BCUT2D eigenvalue weighted by molar-refractivity contribution is 5.94. The molecule has 0 fully saturated rings. The highest BCUT2D eigenvalue weighted by Gasteiger charge is 2.20. The fourth-order valence-corrected chi connectivity index (χ4v) is 2.83. The number of hydrogen-bond acceptors (Lipinski definition) is 6. The van der Waals surface area contributed by atoms with Gasteiger partial charge in [0, 0.05) is 12.1 Å². The number of ether oxygens (including phenoxy) is 2. The summed E-state index contributed by atoms with van der Waals surface area (Å²) in [6.07, 6.45) is -0.873. The van der Waals surface area contributed by atoms with E-state index in [2.05, 4.69) is 10.6 Å².